The SMILES string of the molecule is COCCNC(=O)CN1CCN([C@@H](C#N)c2ccc(Cl)cc2)CC1. The van der Waals surface area contributed by atoms with Crippen LogP contribution in [0.1, 0.15) is 11.6 Å². The van der Waals surface area contributed by atoms with E-state index in [1.165, 1.54) is 0 Å². The van der Waals surface area contributed by atoms with Crippen molar-refractivity contribution in [3.63, 3.8) is 0 Å². The number of nitrogens with zero attached hydrogens (tertiary/aromatic N) is 3. The predicted molar refractivity (Wildman–Crippen MR) is 92.7 cm³/mol. The smallest absolute Gasteiger partial charge is 0.234 e. The highest BCUT2D eigenvalue weighted by atomic mass is 35.5. The fourth-order valence-electron chi connectivity index (χ4n) is 2.74. The van der Waals surface area contributed by atoms with Crippen LogP contribution in [-0.2, 0) is 9.53 Å². The molecule has 0 unspecified atom stereocenters. The highest BCUT2D eigenvalue weighted by molar-refractivity contribution is 6.30. The summed E-state index contributed by atoms with van der Waals surface area (Å²) < 4.78 is 4.91. The van der Waals surface area contributed by atoms with Crippen LogP contribution in [0.5, 0.6) is 0 Å². The van der Waals surface area contributed by atoms with Gasteiger partial charge in [0.1, 0.15) is 6.04 Å². The molecule has 0 saturated carbocycles. The summed E-state index contributed by atoms with van der Waals surface area (Å²) in [6.45, 7) is 4.48. The van der Waals surface area contributed by atoms with Gasteiger partial charge in [-0.2, -0.15) is 5.26 Å². The van der Waals surface area contributed by atoms with Crippen LogP contribution in [0.15, 0.2) is 24.3 Å². The van der Waals surface area contributed by atoms with E-state index in [2.05, 4.69) is 21.2 Å². The molecule has 0 spiro atoms. The van der Waals surface area contributed by atoms with Gasteiger partial charge in [-0.1, -0.05) is 23.7 Å². The van der Waals surface area contributed by atoms with Crippen molar-refractivity contribution in [2.75, 3.05) is 53.0 Å². The van der Waals surface area contributed by atoms with Crippen molar-refractivity contribution < 1.29 is 9.53 Å². The molecule has 1 saturated heterocycles. The quantitative estimate of drug-likeness (QED) is 0.750. The Morgan fingerprint density at radius 2 is 2.00 bits per heavy atom. The van der Waals surface area contributed by atoms with Crippen LogP contribution in [0, 0.1) is 11.3 Å². The third kappa shape index (κ3) is 5.46. The molecular weight excluding hydrogens is 328 g/mol. The molecule has 1 heterocycles. The number of nitriles is 1. The average Bonchev–Trinajstić information content (AvgIpc) is 2.59. The van der Waals surface area contributed by atoms with Crippen LogP contribution in [0.4, 0.5) is 0 Å². The van der Waals surface area contributed by atoms with Gasteiger partial charge in [0.05, 0.1) is 19.2 Å². The molecule has 130 valence electrons. The summed E-state index contributed by atoms with van der Waals surface area (Å²) in [6, 6.07) is 9.49. The zero-order valence-electron chi connectivity index (χ0n) is 13.9. The number of benzene rings is 1. The summed E-state index contributed by atoms with van der Waals surface area (Å²) >= 11 is 5.91. The second kappa shape index (κ2) is 9.60. The van der Waals surface area contributed by atoms with E-state index in [0.29, 0.717) is 24.7 Å². The number of hydrogen-bond acceptors (Lipinski definition) is 5. The third-order valence-electron chi connectivity index (χ3n) is 4.08. The minimum Gasteiger partial charge on any atom is -0.383 e. The molecule has 1 amide bonds. The van der Waals surface area contributed by atoms with Gasteiger partial charge in [-0.05, 0) is 17.7 Å². The van der Waals surface area contributed by atoms with Gasteiger partial charge in [0.2, 0.25) is 5.91 Å². The maximum absolute atomic E-state index is 11.8. The fraction of sp³-hybridized carbons (Fsp3) is 0.529. The molecule has 1 aromatic rings. The second-order valence-electron chi connectivity index (χ2n) is 5.74. The maximum atomic E-state index is 11.8. The normalized spacial score (nSPS) is 17.2. The number of halogens is 1. The molecule has 1 aromatic carbocycles. The Bertz CT molecular complexity index is 565. The van der Waals surface area contributed by atoms with Crippen molar-refractivity contribution in [1.82, 2.24) is 15.1 Å². The number of carbonyl (C=O) groups excluding carboxylic acids is 1. The van der Waals surface area contributed by atoms with Gasteiger partial charge in [-0.15, -0.1) is 0 Å². The van der Waals surface area contributed by atoms with E-state index in [9.17, 15) is 10.1 Å². The highest BCUT2D eigenvalue weighted by Crippen LogP contribution is 2.23. The molecule has 0 bridgehead atoms. The first-order valence-electron chi connectivity index (χ1n) is 8.01. The van der Waals surface area contributed by atoms with Gasteiger partial charge in [-0.25, -0.2) is 0 Å². The minimum absolute atomic E-state index is 0.00929. The fourth-order valence-corrected chi connectivity index (χ4v) is 2.87. The lowest BCUT2D eigenvalue weighted by atomic mass is 10.1. The van der Waals surface area contributed by atoms with Gasteiger partial charge < -0.3 is 10.1 Å². The van der Waals surface area contributed by atoms with Gasteiger partial charge in [0.15, 0.2) is 0 Å². The van der Waals surface area contributed by atoms with Crippen molar-refractivity contribution in [2.24, 2.45) is 0 Å². The minimum atomic E-state index is -0.278. The maximum Gasteiger partial charge on any atom is 0.234 e. The number of amides is 1. The zero-order valence-corrected chi connectivity index (χ0v) is 14.6. The predicted octanol–water partition coefficient (Wildman–Crippen LogP) is 1.28. The van der Waals surface area contributed by atoms with E-state index in [-0.39, 0.29) is 11.9 Å². The van der Waals surface area contributed by atoms with Crippen LogP contribution in [-0.4, -0.2) is 68.7 Å². The van der Waals surface area contributed by atoms with Gasteiger partial charge in [-0.3, -0.25) is 14.6 Å². The first-order valence-corrected chi connectivity index (χ1v) is 8.39. The molecule has 1 aliphatic rings. The Morgan fingerprint density at radius 1 is 1.33 bits per heavy atom. The summed E-state index contributed by atoms with van der Waals surface area (Å²) in [5.74, 6) is 0.00929. The summed E-state index contributed by atoms with van der Waals surface area (Å²) in [5, 5.41) is 13.0. The first kappa shape index (κ1) is 18.7. The lowest BCUT2D eigenvalue weighted by Gasteiger charge is -2.36. The number of hydrogen-bond donors (Lipinski definition) is 1. The zero-order chi connectivity index (χ0) is 17.4. The van der Waals surface area contributed by atoms with E-state index >= 15 is 0 Å². The van der Waals surface area contributed by atoms with Crippen molar-refractivity contribution in [1.29, 1.82) is 5.26 Å². The molecule has 0 radical (unpaired) electrons. The number of piperazine rings is 1. The number of methoxy groups -OCH3 is 1. The molecular formula is C17H23ClN4O2. The number of carbonyl (C=O) groups is 1. The Balaban J connectivity index is 1.82. The average molecular weight is 351 g/mol. The van der Waals surface area contributed by atoms with Crippen LogP contribution < -0.4 is 5.32 Å². The van der Waals surface area contributed by atoms with Crippen LogP contribution in [0.3, 0.4) is 0 Å². The van der Waals surface area contributed by atoms with Crippen LogP contribution in [0.25, 0.3) is 0 Å². The lowest BCUT2D eigenvalue weighted by Crippen LogP contribution is -2.50. The third-order valence-corrected chi connectivity index (χ3v) is 4.33. The number of ether oxygens (including phenoxy) is 1. The Labute approximate surface area is 147 Å². The summed E-state index contributed by atoms with van der Waals surface area (Å²) in [7, 11) is 1.61. The molecule has 1 N–H and O–H groups in total. The van der Waals surface area contributed by atoms with Gasteiger partial charge >= 0.3 is 0 Å². The molecule has 24 heavy (non-hydrogen) atoms. The summed E-state index contributed by atoms with van der Waals surface area (Å²) in [6.07, 6.45) is 0. The molecule has 7 heteroatoms. The molecule has 1 atom stereocenters. The van der Waals surface area contributed by atoms with E-state index in [1.807, 2.05) is 24.3 Å². The van der Waals surface area contributed by atoms with Crippen LogP contribution in [0.2, 0.25) is 5.02 Å². The highest BCUT2D eigenvalue weighted by Gasteiger charge is 2.25. The van der Waals surface area contributed by atoms with E-state index in [4.69, 9.17) is 16.3 Å². The Hall–Kier alpha value is -1.65. The van der Waals surface area contributed by atoms with E-state index < -0.39 is 0 Å². The largest absolute Gasteiger partial charge is 0.383 e. The molecule has 0 aliphatic carbocycles. The van der Waals surface area contributed by atoms with E-state index in [0.717, 1.165) is 31.7 Å². The van der Waals surface area contributed by atoms with Crippen molar-refractivity contribution in [3.05, 3.63) is 34.9 Å². The van der Waals surface area contributed by atoms with Gasteiger partial charge in [0.25, 0.3) is 0 Å². The Morgan fingerprint density at radius 3 is 2.58 bits per heavy atom. The van der Waals surface area contributed by atoms with Gasteiger partial charge in [0, 0.05) is 44.9 Å². The first-order chi connectivity index (χ1) is 11.6. The monoisotopic (exact) mass is 350 g/mol. The molecule has 0 aromatic heterocycles. The van der Waals surface area contributed by atoms with Crippen molar-refractivity contribution in [3.8, 4) is 6.07 Å². The topological polar surface area (TPSA) is 68.6 Å². The second-order valence-corrected chi connectivity index (χ2v) is 6.17. The molecule has 1 aliphatic heterocycles. The molecule has 1 fully saturated rings. The lowest BCUT2D eigenvalue weighted by molar-refractivity contribution is -0.122. The summed E-state index contributed by atoms with van der Waals surface area (Å²) in [5.41, 5.74) is 0.952. The Kier molecular flexibility index (Phi) is 7.47. The number of rotatable bonds is 7. The van der Waals surface area contributed by atoms with Crippen LogP contribution >= 0.6 is 11.6 Å². The standard InChI is InChI=1S/C17H23ClN4O2/c1-24-11-6-20-17(23)13-21-7-9-22(10-8-21)16(12-19)14-2-4-15(18)5-3-14/h2-5,16H,6-11,13H2,1H3,(H,20,23)/t16-/m0/s1. The van der Waals surface area contributed by atoms with E-state index in [1.54, 1.807) is 7.11 Å². The molecule has 6 nitrogen and oxygen atoms in total. The number of nitrogens with one attached hydrogen (secondary N) is 1. The van der Waals surface area contributed by atoms with Crippen molar-refractivity contribution in [2.45, 2.75) is 6.04 Å². The molecule has 2 rings (SSSR count). The summed E-state index contributed by atoms with van der Waals surface area (Å²) in [4.78, 5) is 16.1. The van der Waals surface area contributed by atoms with Crippen molar-refractivity contribution >= 4 is 17.5 Å².